The van der Waals surface area contributed by atoms with Gasteiger partial charge in [-0.15, -0.1) is 0 Å². The van der Waals surface area contributed by atoms with Crippen LogP contribution in [0.25, 0.3) is 0 Å². The molecule has 1 aromatic carbocycles. The molecule has 1 aromatic heterocycles. The van der Waals surface area contributed by atoms with Gasteiger partial charge in [0.1, 0.15) is 18.5 Å². The SMILES string of the molecule is CCOC(Cc1ccc(OC[C@@H](O)c2ccc(CC)cn2)cc1)C(=O)O. The first-order valence-electron chi connectivity index (χ1n) is 8.72. The molecule has 0 saturated carbocycles. The van der Waals surface area contributed by atoms with E-state index < -0.39 is 18.2 Å². The maximum absolute atomic E-state index is 11.1. The van der Waals surface area contributed by atoms with E-state index in [2.05, 4.69) is 4.98 Å². The molecule has 6 nitrogen and oxygen atoms in total. The van der Waals surface area contributed by atoms with Gasteiger partial charge in [0.2, 0.25) is 0 Å². The van der Waals surface area contributed by atoms with Crippen molar-refractivity contribution in [1.29, 1.82) is 0 Å². The Balaban J connectivity index is 1.88. The number of pyridine rings is 1. The average Bonchev–Trinajstić information content (AvgIpc) is 2.66. The minimum Gasteiger partial charge on any atom is -0.490 e. The van der Waals surface area contributed by atoms with E-state index in [-0.39, 0.29) is 6.61 Å². The van der Waals surface area contributed by atoms with E-state index in [0.717, 1.165) is 17.5 Å². The number of benzene rings is 1. The maximum atomic E-state index is 11.1. The molecule has 2 rings (SSSR count). The van der Waals surface area contributed by atoms with Gasteiger partial charge in [-0.1, -0.05) is 25.1 Å². The molecule has 2 N–H and O–H groups in total. The van der Waals surface area contributed by atoms with Gasteiger partial charge < -0.3 is 19.7 Å². The molecule has 0 saturated heterocycles. The average molecular weight is 359 g/mol. The van der Waals surface area contributed by atoms with Crippen LogP contribution in [0.3, 0.4) is 0 Å². The van der Waals surface area contributed by atoms with Crippen LogP contribution in [-0.2, 0) is 22.4 Å². The number of carboxylic acids is 1. The molecule has 0 aliphatic carbocycles. The molecular weight excluding hydrogens is 334 g/mol. The van der Waals surface area contributed by atoms with Crippen LogP contribution in [0.2, 0.25) is 0 Å². The van der Waals surface area contributed by atoms with Crippen molar-refractivity contribution in [2.45, 2.75) is 38.9 Å². The fourth-order valence-corrected chi connectivity index (χ4v) is 2.46. The molecule has 0 aliphatic rings. The molecule has 0 spiro atoms. The molecule has 0 aliphatic heterocycles. The van der Waals surface area contributed by atoms with Crippen molar-refractivity contribution in [3.8, 4) is 5.75 Å². The number of aryl methyl sites for hydroxylation is 1. The van der Waals surface area contributed by atoms with E-state index in [9.17, 15) is 9.90 Å². The Morgan fingerprint density at radius 1 is 1.12 bits per heavy atom. The predicted molar refractivity (Wildman–Crippen MR) is 97.3 cm³/mol. The first-order valence-corrected chi connectivity index (χ1v) is 8.72. The van der Waals surface area contributed by atoms with Gasteiger partial charge in [0.05, 0.1) is 5.69 Å². The lowest BCUT2D eigenvalue weighted by atomic mass is 10.1. The summed E-state index contributed by atoms with van der Waals surface area (Å²) in [5.74, 6) is -0.377. The van der Waals surface area contributed by atoms with Crippen molar-refractivity contribution in [2.24, 2.45) is 0 Å². The fraction of sp³-hybridized carbons (Fsp3) is 0.400. The molecule has 140 valence electrons. The van der Waals surface area contributed by atoms with Crippen molar-refractivity contribution >= 4 is 5.97 Å². The maximum Gasteiger partial charge on any atom is 0.333 e. The van der Waals surface area contributed by atoms with Gasteiger partial charge in [-0.25, -0.2) is 4.79 Å². The third-order valence-corrected chi connectivity index (χ3v) is 3.99. The van der Waals surface area contributed by atoms with E-state index in [0.29, 0.717) is 24.5 Å². The van der Waals surface area contributed by atoms with Crippen molar-refractivity contribution < 1.29 is 24.5 Å². The second kappa shape index (κ2) is 9.89. The van der Waals surface area contributed by atoms with Gasteiger partial charge in [-0.3, -0.25) is 4.98 Å². The summed E-state index contributed by atoms with van der Waals surface area (Å²) in [6.45, 7) is 4.26. The van der Waals surface area contributed by atoms with Gasteiger partial charge >= 0.3 is 5.97 Å². The predicted octanol–water partition coefficient (Wildman–Crippen LogP) is 2.79. The Morgan fingerprint density at radius 2 is 1.81 bits per heavy atom. The highest BCUT2D eigenvalue weighted by Crippen LogP contribution is 2.17. The molecule has 0 fully saturated rings. The minimum absolute atomic E-state index is 0.0918. The molecule has 0 amide bonds. The highest BCUT2D eigenvalue weighted by molar-refractivity contribution is 5.72. The van der Waals surface area contributed by atoms with E-state index in [4.69, 9.17) is 14.6 Å². The minimum atomic E-state index is -0.975. The first kappa shape index (κ1) is 19.9. The summed E-state index contributed by atoms with van der Waals surface area (Å²) in [6, 6.07) is 10.8. The summed E-state index contributed by atoms with van der Waals surface area (Å²) in [7, 11) is 0. The lowest BCUT2D eigenvalue weighted by Crippen LogP contribution is -2.26. The molecule has 2 atom stereocenters. The Kier molecular flexibility index (Phi) is 7.56. The second-order valence-electron chi connectivity index (χ2n) is 5.90. The molecule has 26 heavy (non-hydrogen) atoms. The standard InChI is InChI=1S/C20H25NO5/c1-3-14-7-10-17(21-12-14)18(22)13-26-16-8-5-15(6-9-16)11-19(20(23)24)25-4-2/h5-10,12,18-19,22H,3-4,11,13H2,1-2H3,(H,23,24)/t18-,19?/m1/s1. The third-order valence-electron chi connectivity index (χ3n) is 3.99. The Bertz CT molecular complexity index is 684. The molecule has 0 radical (unpaired) electrons. The van der Waals surface area contributed by atoms with Crippen LogP contribution >= 0.6 is 0 Å². The zero-order valence-electron chi connectivity index (χ0n) is 15.1. The smallest absolute Gasteiger partial charge is 0.333 e. The highest BCUT2D eigenvalue weighted by Gasteiger charge is 2.18. The van der Waals surface area contributed by atoms with Crippen LogP contribution in [0, 0.1) is 0 Å². The highest BCUT2D eigenvalue weighted by atomic mass is 16.5. The number of carboxylic acid groups (broad SMARTS) is 1. The van der Waals surface area contributed by atoms with Crippen LogP contribution in [-0.4, -0.2) is 40.5 Å². The van der Waals surface area contributed by atoms with Gasteiger partial charge in [0.15, 0.2) is 6.10 Å². The number of aliphatic hydroxyl groups excluding tert-OH is 1. The Hall–Kier alpha value is -2.44. The number of carbonyl (C=O) groups is 1. The van der Waals surface area contributed by atoms with Crippen LogP contribution in [0.1, 0.15) is 36.8 Å². The molecule has 0 bridgehead atoms. The number of aliphatic carboxylic acids is 1. The summed E-state index contributed by atoms with van der Waals surface area (Å²) in [6.07, 6.45) is 1.28. The van der Waals surface area contributed by atoms with E-state index in [1.54, 1.807) is 43.5 Å². The summed E-state index contributed by atoms with van der Waals surface area (Å²) >= 11 is 0. The summed E-state index contributed by atoms with van der Waals surface area (Å²) in [4.78, 5) is 15.4. The van der Waals surface area contributed by atoms with Gasteiger partial charge in [0, 0.05) is 19.2 Å². The van der Waals surface area contributed by atoms with Crippen molar-refractivity contribution in [3.63, 3.8) is 0 Å². The number of aromatic nitrogens is 1. The summed E-state index contributed by atoms with van der Waals surface area (Å²) < 4.78 is 10.8. The number of aliphatic hydroxyl groups is 1. The van der Waals surface area contributed by atoms with Gasteiger partial charge in [0.25, 0.3) is 0 Å². The second-order valence-corrected chi connectivity index (χ2v) is 5.90. The molecular formula is C20H25NO5. The van der Waals surface area contributed by atoms with E-state index in [1.165, 1.54) is 0 Å². The number of hydrogen-bond donors (Lipinski definition) is 2. The van der Waals surface area contributed by atoms with Crippen LogP contribution in [0.5, 0.6) is 5.75 Å². The van der Waals surface area contributed by atoms with Crippen molar-refractivity contribution in [2.75, 3.05) is 13.2 Å². The molecule has 1 unspecified atom stereocenters. The summed E-state index contributed by atoms with van der Waals surface area (Å²) in [5, 5.41) is 19.3. The monoisotopic (exact) mass is 359 g/mol. The lowest BCUT2D eigenvalue weighted by molar-refractivity contribution is -0.149. The number of nitrogens with zero attached hydrogens (tertiary/aromatic N) is 1. The van der Waals surface area contributed by atoms with Crippen molar-refractivity contribution in [3.05, 3.63) is 59.4 Å². The van der Waals surface area contributed by atoms with E-state index >= 15 is 0 Å². The van der Waals surface area contributed by atoms with Gasteiger partial charge in [-0.05, 0) is 42.7 Å². The molecule has 6 heteroatoms. The van der Waals surface area contributed by atoms with Crippen LogP contribution in [0.4, 0.5) is 0 Å². The fourth-order valence-electron chi connectivity index (χ4n) is 2.46. The third kappa shape index (κ3) is 5.82. The molecule has 1 heterocycles. The zero-order valence-corrected chi connectivity index (χ0v) is 15.1. The van der Waals surface area contributed by atoms with Gasteiger partial charge in [-0.2, -0.15) is 0 Å². The lowest BCUT2D eigenvalue weighted by Gasteiger charge is -2.14. The number of hydrogen-bond acceptors (Lipinski definition) is 5. The Morgan fingerprint density at radius 3 is 2.35 bits per heavy atom. The quantitative estimate of drug-likeness (QED) is 0.678. The van der Waals surface area contributed by atoms with Crippen LogP contribution < -0.4 is 4.74 Å². The van der Waals surface area contributed by atoms with Crippen LogP contribution in [0.15, 0.2) is 42.6 Å². The Labute approximate surface area is 153 Å². The molecule has 2 aromatic rings. The zero-order chi connectivity index (χ0) is 18.9. The topological polar surface area (TPSA) is 88.9 Å². The first-order chi connectivity index (χ1) is 12.5. The van der Waals surface area contributed by atoms with E-state index in [1.807, 2.05) is 13.0 Å². The number of rotatable bonds is 10. The van der Waals surface area contributed by atoms with Crippen molar-refractivity contribution in [1.82, 2.24) is 4.98 Å². The summed E-state index contributed by atoms with van der Waals surface area (Å²) in [5.41, 5.74) is 2.53. The normalized spacial score (nSPS) is 13.2. The largest absolute Gasteiger partial charge is 0.490 e. The number of ether oxygens (including phenoxy) is 2.